The second-order valence-corrected chi connectivity index (χ2v) is 15.1. The van der Waals surface area contributed by atoms with E-state index in [1.807, 2.05) is 0 Å². The molecule has 0 radical (unpaired) electrons. The molecule has 2 unspecified atom stereocenters. The minimum atomic E-state index is -4.42. The number of nitrogens with one attached hydrogen (secondary N) is 1. The summed E-state index contributed by atoms with van der Waals surface area (Å²) in [5, 5.41) is 12.6. The second kappa shape index (κ2) is 38.7. The molecule has 52 heavy (non-hydrogen) atoms. The van der Waals surface area contributed by atoms with Gasteiger partial charge in [-0.3, -0.25) is 18.6 Å². The summed E-state index contributed by atoms with van der Waals surface area (Å²) in [5.41, 5.74) is 0. The molecule has 0 heterocycles. The van der Waals surface area contributed by atoms with Crippen LogP contribution in [0.3, 0.4) is 0 Å². The quantitative estimate of drug-likeness (QED) is 0.0246. The van der Waals surface area contributed by atoms with Crippen molar-refractivity contribution in [1.82, 2.24) is 5.32 Å². The highest BCUT2D eigenvalue weighted by Crippen LogP contribution is 2.42. The van der Waals surface area contributed by atoms with E-state index >= 15 is 0 Å². The molecule has 0 aliphatic heterocycles. The molecular formula is C42H76NO8P. The van der Waals surface area contributed by atoms with Crippen LogP contribution in [0.15, 0.2) is 48.6 Å². The van der Waals surface area contributed by atoms with E-state index in [9.17, 15) is 24.2 Å². The highest BCUT2D eigenvalue weighted by atomic mass is 31.2. The minimum Gasteiger partial charge on any atom is -0.463 e. The average molecular weight is 754 g/mol. The number of phosphoric ester groups is 1. The Balaban J connectivity index is 3.67. The van der Waals surface area contributed by atoms with Gasteiger partial charge in [-0.15, -0.1) is 0 Å². The predicted octanol–water partition coefficient (Wildman–Crippen LogP) is 11.2. The Morgan fingerprint density at radius 1 is 0.596 bits per heavy atom. The van der Waals surface area contributed by atoms with Crippen molar-refractivity contribution in [3.8, 4) is 0 Å². The Morgan fingerprint density at radius 2 is 1.04 bits per heavy atom. The van der Waals surface area contributed by atoms with E-state index in [0.29, 0.717) is 6.42 Å². The van der Waals surface area contributed by atoms with Crippen LogP contribution in [0.2, 0.25) is 0 Å². The SMILES string of the molecule is CCCCC/C=C\C/C=C\C/C=C\C/C=C\CCCCCC(=O)NCCOP(=O)(O)OCC(O)COC(=O)CCCCCCCCCCCCCC. The van der Waals surface area contributed by atoms with Crippen LogP contribution in [-0.2, 0) is 27.9 Å². The number of esters is 1. The Hall–Kier alpha value is -2.03. The molecule has 0 aliphatic carbocycles. The fraction of sp³-hybridized carbons (Fsp3) is 0.762. The van der Waals surface area contributed by atoms with Crippen LogP contribution >= 0.6 is 7.82 Å². The number of carbonyl (C=O) groups is 2. The summed E-state index contributed by atoms with van der Waals surface area (Å²) in [7, 11) is -4.42. The lowest BCUT2D eigenvalue weighted by molar-refractivity contribution is -0.147. The van der Waals surface area contributed by atoms with Gasteiger partial charge in [-0.2, -0.15) is 0 Å². The maximum absolute atomic E-state index is 12.1. The molecule has 0 bridgehead atoms. The number of amides is 1. The van der Waals surface area contributed by atoms with E-state index in [0.717, 1.165) is 64.2 Å². The van der Waals surface area contributed by atoms with Gasteiger partial charge < -0.3 is 20.1 Å². The van der Waals surface area contributed by atoms with Gasteiger partial charge >= 0.3 is 13.8 Å². The lowest BCUT2D eigenvalue weighted by Crippen LogP contribution is -2.27. The zero-order valence-corrected chi connectivity index (χ0v) is 33.9. The Bertz CT molecular complexity index is 996. The fourth-order valence-corrected chi connectivity index (χ4v) is 6.12. The van der Waals surface area contributed by atoms with Crippen LogP contribution < -0.4 is 5.32 Å². The molecule has 0 aromatic rings. The minimum absolute atomic E-state index is 0.0637. The molecule has 0 aromatic heterocycles. The molecule has 3 N–H and O–H groups in total. The lowest BCUT2D eigenvalue weighted by Gasteiger charge is -2.15. The predicted molar refractivity (Wildman–Crippen MR) is 215 cm³/mol. The van der Waals surface area contributed by atoms with Crippen molar-refractivity contribution in [3.05, 3.63) is 48.6 Å². The maximum atomic E-state index is 12.1. The molecule has 0 aromatic carbocycles. The van der Waals surface area contributed by atoms with E-state index in [4.69, 9.17) is 13.8 Å². The first-order valence-corrected chi connectivity index (χ1v) is 22.1. The number of aliphatic hydroxyl groups excluding tert-OH is 1. The largest absolute Gasteiger partial charge is 0.472 e. The topological polar surface area (TPSA) is 131 Å². The smallest absolute Gasteiger partial charge is 0.463 e. The van der Waals surface area contributed by atoms with E-state index in [1.165, 1.54) is 83.5 Å². The van der Waals surface area contributed by atoms with Crippen molar-refractivity contribution in [3.63, 3.8) is 0 Å². The third-order valence-electron chi connectivity index (χ3n) is 8.51. The van der Waals surface area contributed by atoms with Gasteiger partial charge in [0.05, 0.1) is 13.2 Å². The van der Waals surface area contributed by atoms with Gasteiger partial charge in [0.25, 0.3) is 0 Å². The average Bonchev–Trinajstić information content (AvgIpc) is 3.13. The van der Waals surface area contributed by atoms with Gasteiger partial charge in [0.15, 0.2) is 0 Å². The summed E-state index contributed by atoms with van der Waals surface area (Å²) in [5.74, 6) is -0.549. The highest BCUT2D eigenvalue weighted by molar-refractivity contribution is 7.47. The summed E-state index contributed by atoms with van der Waals surface area (Å²) in [6.45, 7) is 3.47. The number of allylic oxidation sites excluding steroid dienone is 8. The third kappa shape index (κ3) is 39.2. The number of carbonyl (C=O) groups excluding carboxylic acids is 2. The molecule has 1 amide bonds. The number of hydrogen-bond donors (Lipinski definition) is 3. The number of phosphoric acid groups is 1. The summed E-state index contributed by atoms with van der Waals surface area (Å²) >= 11 is 0. The van der Waals surface area contributed by atoms with Crippen LogP contribution in [0.25, 0.3) is 0 Å². The van der Waals surface area contributed by atoms with Crippen LogP contribution in [0.5, 0.6) is 0 Å². The van der Waals surface area contributed by atoms with Gasteiger partial charge in [-0.1, -0.05) is 152 Å². The fourth-order valence-electron chi connectivity index (χ4n) is 5.36. The maximum Gasteiger partial charge on any atom is 0.472 e. The second-order valence-electron chi connectivity index (χ2n) is 13.6. The summed E-state index contributed by atoms with van der Waals surface area (Å²) in [6, 6.07) is 0. The molecule has 10 heteroatoms. The van der Waals surface area contributed by atoms with Crippen molar-refractivity contribution >= 4 is 19.7 Å². The van der Waals surface area contributed by atoms with Crippen molar-refractivity contribution in [2.24, 2.45) is 0 Å². The number of rotatable bonds is 38. The normalized spacial score (nSPS) is 13.8. The van der Waals surface area contributed by atoms with Crippen LogP contribution in [-0.4, -0.2) is 54.3 Å². The molecular weight excluding hydrogens is 677 g/mol. The molecule has 0 aliphatic rings. The number of aliphatic hydroxyl groups is 1. The molecule has 0 saturated heterocycles. The molecule has 0 fully saturated rings. The zero-order valence-electron chi connectivity index (χ0n) is 33.0. The van der Waals surface area contributed by atoms with Gasteiger partial charge in [0.1, 0.15) is 12.7 Å². The van der Waals surface area contributed by atoms with E-state index in [1.54, 1.807) is 0 Å². The van der Waals surface area contributed by atoms with Crippen molar-refractivity contribution < 1.29 is 37.9 Å². The Kier molecular flexibility index (Phi) is 37.2. The molecule has 0 rings (SSSR count). The number of ether oxygens (including phenoxy) is 1. The summed E-state index contributed by atoms with van der Waals surface area (Å²) < 4.78 is 26.8. The molecule has 0 spiro atoms. The molecule has 0 saturated carbocycles. The highest BCUT2D eigenvalue weighted by Gasteiger charge is 2.23. The van der Waals surface area contributed by atoms with Gasteiger partial charge in [0.2, 0.25) is 5.91 Å². The molecule has 9 nitrogen and oxygen atoms in total. The first-order valence-electron chi connectivity index (χ1n) is 20.6. The van der Waals surface area contributed by atoms with Gasteiger partial charge in [0, 0.05) is 19.4 Å². The van der Waals surface area contributed by atoms with Gasteiger partial charge in [-0.05, 0) is 57.8 Å². The Labute approximate surface area is 317 Å². The first kappa shape index (κ1) is 50.0. The van der Waals surface area contributed by atoms with Crippen LogP contribution in [0, 0.1) is 0 Å². The summed E-state index contributed by atoms with van der Waals surface area (Å²) in [6.07, 6.45) is 43.2. The molecule has 2 atom stereocenters. The molecule has 302 valence electrons. The Morgan fingerprint density at radius 3 is 1.60 bits per heavy atom. The van der Waals surface area contributed by atoms with E-state index in [-0.39, 0.29) is 32.1 Å². The monoisotopic (exact) mass is 754 g/mol. The van der Waals surface area contributed by atoms with E-state index in [2.05, 4.69) is 67.8 Å². The van der Waals surface area contributed by atoms with Crippen LogP contribution in [0.1, 0.15) is 174 Å². The third-order valence-corrected chi connectivity index (χ3v) is 9.50. The van der Waals surface area contributed by atoms with Gasteiger partial charge in [-0.25, -0.2) is 4.57 Å². The number of hydrogen-bond acceptors (Lipinski definition) is 7. The van der Waals surface area contributed by atoms with Crippen molar-refractivity contribution in [1.29, 1.82) is 0 Å². The van der Waals surface area contributed by atoms with Crippen LogP contribution in [0.4, 0.5) is 0 Å². The summed E-state index contributed by atoms with van der Waals surface area (Å²) in [4.78, 5) is 33.8. The van der Waals surface area contributed by atoms with Crippen molar-refractivity contribution in [2.75, 3.05) is 26.4 Å². The standard InChI is InChI=1S/C42H76NO8P/c1-3-5-7-9-11-13-15-17-18-19-20-21-22-23-24-26-28-30-32-34-41(45)43-36-37-50-52(47,48)51-39-40(44)38-49-42(46)35-33-31-29-27-25-16-14-12-10-8-6-4-2/h11,13,17-18,20-21,23-24,40,44H,3-10,12,14-16,19,22,25-39H2,1-2H3,(H,43,45)(H,47,48)/b13-11-,18-17-,21-20-,24-23-. The first-order chi connectivity index (χ1) is 25.3. The number of unbranched alkanes of at least 4 members (excludes halogenated alkanes) is 17. The van der Waals surface area contributed by atoms with Crippen molar-refractivity contribution in [2.45, 2.75) is 180 Å². The zero-order chi connectivity index (χ0) is 38.2. The van der Waals surface area contributed by atoms with E-state index < -0.39 is 26.5 Å². The lowest BCUT2D eigenvalue weighted by atomic mass is 10.0.